The molecule has 1 saturated heterocycles. The SMILES string of the molecule is O=C(O)C1(N=Cc2ccccc2O)CCCNC1c1ccccc1O. The third-order valence-corrected chi connectivity index (χ3v) is 4.55. The number of benzene rings is 2. The van der Waals surface area contributed by atoms with Gasteiger partial charge in [-0.1, -0.05) is 30.3 Å². The predicted octanol–water partition coefficient (Wildman–Crippen LogP) is 2.46. The van der Waals surface area contributed by atoms with Crippen LogP contribution < -0.4 is 5.32 Å². The van der Waals surface area contributed by atoms with E-state index in [4.69, 9.17) is 0 Å². The van der Waals surface area contributed by atoms with E-state index in [0.29, 0.717) is 30.5 Å². The third-order valence-electron chi connectivity index (χ3n) is 4.55. The van der Waals surface area contributed by atoms with E-state index in [-0.39, 0.29) is 11.5 Å². The summed E-state index contributed by atoms with van der Waals surface area (Å²) in [4.78, 5) is 16.6. The van der Waals surface area contributed by atoms with Gasteiger partial charge in [0, 0.05) is 17.3 Å². The molecule has 1 aliphatic rings. The van der Waals surface area contributed by atoms with Gasteiger partial charge in [-0.2, -0.15) is 0 Å². The smallest absolute Gasteiger partial charge is 0.333 e. The molecule has 1 fully saturated rings. The van der Waals surface area contributed by atoms with E-state index in [1.807, 2.05) is 0 Å². The van der Waals surface area contributed by atoms with Crippen molar-refractivity contribution in [2.45, 2.75) is 24.4 Å². The molecule has 25 heavy (non-hydrogen) atoms. The normalized spacial score (nSPS) is 23.6. The summed E-state index contributed by atoms with van der Waals surface area (Å²) in [5.74, 6) is -1.00. The van der Waals surface area contributed by atoms with Crippen LogP contribution in [0.5, 0.6) is 11.5 Å². The van der Waals surface area contributed by atoms with Crippen LogP contribution in [0.1, 0.15) is 30.0 Å². The number of rotatable bonds is 4. The average Bonchev–Trinajstić information content (AvgIpc) is 2.62. The van der Waals surface area contributed by atoms with Crippen molar-refractivity contribution in [2.75, 3.05) is 6.54 Å². The molecule has 6 heteroatoms. The van der Waals surface area contributed by atoms with Crippen molar-refractivity contribution in [3.63, 3.8) is 0 Å². The van der Waals surface area contributed by atoms with Gasteiger partial charge in [0.1, 0.15) is 11.5 Å². The zero-order valence-corrected chi connectivity index (χ0v) is 13.6. The Morgan fingerprint density at radius 2 is 1.80 bits per heavy atom. The third kappa shape index (κ3) is 3.21. The molecule has 0 spiro atoms. The number of nitrogens with one attached hydrogen (secondary N) is 1. The predicted molar refractivity (Wildman–Crippen MR) is 94.2 cm³/mol. The minimum absolute atomic E-state index is 0.0327. The van der Waals surface area contributed by atoms with Crippen molar-refractivity contribution in [3.05, 3.63) is 59.7 Å². The highest BCUT2D eigenvalue weighted by molar-refractivity contribution is 5.88. The Bertz CT molecular complexity index is 806. The van der Waals surface area contributed by atoms with Crippen LogP contribution in [0.3, 0.4) is 0 Å². The molecule has 0 aliphatic carbocycles. The number of hydrogen-bond donors (Lipinski definition) is 4. The number of carbonyl (C=O) groups is 1. The molecule has 6 nitrogen and oxygen atoms in total. The second-order valence-electron chi connectivity index (χ2n) is 6.10. The van der Waals surface area contributed by atoms with E-state index >= 15 is 0 Å². The summed E-state index contributed by atoms with van der Waals surface area (Å²) in [6.07, 6.45) is 2.37. The molecule has 0 bridgehead atoms. The highest BCUT2D eigenvalue weighted by atomic mass is 16.4. The molecule has 0 aromatic heterocycles. The molecule has 0 amide bonds. The van der Waals surface area contributed by atoms with E-state index in [1.54, 1.807) is 36.4 Å². The summed E-state index contributed by atoms with van der Waals surface area (Å²) >= 11 is 0. The summed E-state index contributed by atoms with van der Waals surface area (Å²) in [6.45, 7) is 0.639. The molecule has 130 valence electrons. The number of aromatic hydroxyl groups is 2. The first-order valence-corrected chi connectivity index (χ1v) is 8.12. The molecule has 0 saturated carbocycles. The van der Waals surface area contributed by atoms with Crippen molar-refractivity contribution in [1.82, 2.24) is 5.32 Å². The van der Waals surface area contributed by atoms with Gasteiger partial charge >= 0.3 is 5.97 Å². The van der Waals surface area contributed by atoms with Crippen LogP contribution >= 0.6 is 0 Å². The number of para-hydroxylation sites is 2. The fourth-order valence-corrected chi connectivity index (χ4v) is 3.22. The number of phenolic OH excluding ortho intramolecular Hbond substituents is 2. The quantitative estimate of drug-likeness (QED) is 0.640. The van der Waals surface area contributed by atoms with Crippen molar-refractivity contribution in [1.29, 1.82) is 0 Å². The number of piperidine rings is 1. The number of hydrogen-bond acceptors (Lipinski definition) is 5. The molecule has 2 unspecified atom stereocenters. The first kappa shape index (κ1) is 17.0. The second kappa shape index (κ2) is 6.94. The van der Waals surface area contributed by atoms with Gasteiger partial charge in [0.15, 0.2) is 5.54 Å². The lowest BCUT2D eigenvalue weighted by Crippen LogP contribution is -2.52. The second-order valence-corrected chi connectivity index (χ2v) is 6.10. The summed E-state index contributed by atoms with van der Waals surface area (Å²) in [5, 5.41) is 33.2. The minimum atomic E-state index is -1.46. The van der Waals surface area contributed by atoms with Crippen LogP contribution in [-0.4, -0.2) is 39.6 Å². The summed E-state index contributed by atoms with van der Waals surface area (Å²) in [5.41, 5.74) is -0.511. The minimum Gasteiger partial charge on any atom is -0.508 e. The lowest BCUT2D eigenvalue weighted by atomic mass is 9.79. The van der Waals surface area contributed by atoms with Crippen LogP contribution in [0.2, 0.25) is 0 Å². The fourth-order valence-electron chi connectivity index (χ4n) is 3.22. The van der Waals surface area contributed by atoms with Gasteiger partial charge in [-0.25, -0.2) is 4.79 Å². The first-order chi connectivity index (χ1) is 12.0. The van der Waals surface area contributed by atoms with Crippen molar-refractivity contribution in [2.24, 2.45) is 4.99 Å². The molecular weight excluding hydrogens is 320 g/mol. The lowest BCUT2D eigenvalue weighted by Gasteiger charge is -2.39. The molecule has 1 heterocycles. The Hall–Kier alpha value is -2.86. The number of nitrogens with zero attached hydrogens (tertiary/aromatic N) is 1. The highest BCUT2D eigenvalue weighted by Gasteiger charge is 2.48. The highest BCUT2D eigenvalue weighted by Crippen LogP contribution is 2.40. The van der Waals surface area contributed by atoms with Gasteiger partial charge in [-0.05, 0) is 37.6 Å². The van der Waals surface area contributed by atoms with Gasteiger partial charge in [-0.15, -0.1) is 0 Å². The fraction of sp³-hybridized carbons (Fsp3) is 0.263. The van der Waals surface area contributed by atoms with E-state index in [9.17, 15) is 20.1 Å². The van der Waals surface area contributed by atoms with Gasteiger partial charge in [0.05, 0.1) is 6.04 Å². The average molecular weight is 340 g/mol. The van der Waals surface area contributed by atoms with Crippen molar-refractivity contribution in [3.8, 4) is 11.5 Å². The van der Waals surface area contributed by atoms with Gasteiger partial charge in [-0.3, -0.25) is 4.99 Å². The number of phenols is 2. The van der Waals surface area contributed by atoms with Gasteiger partial charge in [0.2, 0.25) is 0 Å². The molecule has 3 rings (SSSR count). The Morgan fingerprint density at radius 1 is 1.12 bits per heavy atom. The van der Waals surface area contributed by atoms with E-state index in [0.717, 1.165) is 0 Å². The number of carboxylic acids is 1. The van der Waals surface area contributed by atoms with E-state index in [1.165, 1.54) is 18.3 Å². The van der Waals surface area contributed by atoms with Gasteiger partial charge in [0.25, 0.3) is 0 Å². The Labute approximate surface area is 145 Å². The molecular formula is C19H20N2O4. The van der Waals surface area contributed by atoms with Crippen LogP contribution in [0.15, 0.2) is 53.5 Å². The Kier molecular flexibility index (Phi) is 4.72. The largest absolute Gasteiger partial charge is 0.508 e. The van der Waals surface area contributed by atoms with Crippen LogP contribution in [0.25, 0.3) is 0 Å². The zero-order valence-electron chi connectivity index (χ0n) is 13.6. The van der Waals surface area contributed by atoms with Crippen LogP contribution in [0, 0.1) is 0 Å². The summed E-state index contributed by atoms with van der Waals surface area (Å²) in [6, 6.07) is 12.6. The van der Waals surface area contributed by atoms with Crippen LogP contribution in [0.4, 0.5) is 0 Å². The standard InChI is InChI=1S/C19H20N2O4/c22-15-8-3-1-6-13(15)12-21-19(18(24)25)10-5-11-20-17(19)14-7-2-4-9-16(14)23/h1-4,6-9,12,17,20,22-23H,5,10-11H2,(H,24,25). The van der Waals surface area contributed by atoms with E-state index in [2.05, 4.69) is 10.3 Å². The maximum absolute atomic E-state index is 12.2. The Balaban J connectivity index is 2.06. The molecule has 2 aromatic rings. The van der Waals surface area contributed by atoms with Crippen LogP contribution in [-0.2, 0) is 4.79 Å². The Morgan fingerprint density at radius 3 is 2.48 bits per heavy atom. The molecule has 2 aromatic carbocycles. The maximum Gasteiger partial charge on any atom is 0.333 e. The monoisotopic (exact) mass is 340 g/mol. The zero-order chi connectivity index (χ0) is 17.9. The molecule has 2 atom stereocenters. The lowest BCUT2D eigenvalue weighted by molar-refractivity contribution is -0.145. The first-order valence-electron chi connectivity index (χ1n) is 8.12. The van der Waals surface area contributed by atoms with Gasteiger partial charge < -0.3 is 20.6 Å². The summed E-state index contributed by atoms with van der Waals surface area (Å²) in [7, 11) is 0. The van der Waals surface area contributed by atoms with E-state index < -0.39 is 17.6 Å². The number of carboxylic acid groups (broad SMARTS) is 1. The number of aliphatic imine (C=N–C) groups is 1. The number of aliphatic carboxylic acids is 1. The summed E-state index contributed by atoms with van der Waals surface area (Å²) < 4.78 is 0. The topological polar surface area (TPSA) is 102 Å². The maximum atomic E-state index is 12.2. The van der Waals surface area contributed by atoms with Crippen molar-refractivity contribution >= 4 is 12.2 Å². The van der Waals surface area contributed by atoms with Crippen molar-refractivity contribution < 1.29 is 20.1 Å². The molecule has 0 radical (unpaired) electrons. The molecule has 4 N–H and O–H groups in total. The molecule has 1 aliphatic heterocycles.